The highest BCUT2D eigenvalue weighted by Gasteiger charge is 2.27. The summed E-state index contributed by atoms with van der Waals surface area (Å²) < 4.78 is 28.6. The van der Waals surface area contributed by atoms with Crippen LogP contribution in [0.2, 0.25) is 0 Å². The van der Waals surface area contributed by atoms with E-state index in [0.717, 1.165) is 19.6 Å². The molecular weight excluding hydrogens is 280 g/mol. The zero-order valence-electron chi connectivity index (χ0n) is 12.1. The molecule has 0 spiro atoms. The zero-order chi connectivity index (χ0) is 14.9. The molecule has 1 saturated heterocycles. The number of rotatable bonds is 4. The van der Waals surface area contributed by atoms with Gasteiger partial charge in [-0.2, -0.15) is 0 Å². The van der Waals surface area contributed by atoms with Crippen molar-refractivity contribution in [3.63, 3.8) is 0 Å². The fourth-order valence-electron chi connectivity index (χ4n) is 2.36. The molecule has 1 aromatic heterocycles. The van der Waals surface area contributed by atoms with Gasteiger partial charge in [-0.1, -0.05) is 0 Å². The molecular formula is C11H22N6O2S. The van der Waals surface area contributed by atoms with Crippen LogP contribution < -0.4 is 10.5 Å². The molecule has 1 atom stereocenters. The lowest BCUT2D eigenvalue weighted by Gasteiger charge is -2.37. The average Bonchev–Trinajstić information content (AvgIpc) is 2.71. The van der Waals surface area contributed by atoms with Gasteiger partial charge in [-0.05, 0) is 14.1 Å². The number of hydrogen-bond donors (Lipinski definition) is 2. The molecule has 20 heavy (non-hydrogen) atoms. The van der Waals surface area contributed by atoms with Crippen LogP contribution in [0.1, 0.15) is 0 Å². The van der Waals surface area contributed by atoms with Gasteiger partial charge >= 0.3 is 0 Å². The summed E-state index contributed by atoms with van der Waals surface area (Å²) in [4.78, 5) is 8.16. The summed E-state index contributed by atoms with van der Waals surface area (Å²) in [6.07, 6.45) is 1.39. The minimum Gasteiger partial charge on any atom is -0.381 e. The van der Waals surface area contributed by atoms with E-state index in [9.17, 15) is 8.42 Å². The highest BCUT2D eigenvalue weighted by Crippen LogP contribution is 2.15. The van der Waals surface area contributed by atoms with E-state index in [-0.39, 0.29) is 16.9 Å². The van der Waals surface area contributed by atoms with Crippen LogP contribution in [-0.2, 0) is 17.1 Å². The SMILES string of the molecule is CN1CCN(C)C(CNS(=O)(=O)c2c(N)ncn2C)C1. The number of nitrogens with two attached hydrogens (primary N) is 1. The van der Waals surface area contributed by atoms with Crippen molar-refractivity contribution in [1.29, 1.82) is 0 Å². The molecule has 0 aromatic carbocycles. The second kappa shape index (κ2) is 5.68. The van der Waals surface area contributed by atoms with Gasteiger partial charge in [0.25, 0.3) is 10.0 Å². The lowest BCUT2D eigenvalue weighted by molar-refractivity contribution is 0.117. The van der Waals surface area contributed by atoms with Crippen molar-refractivity contribution in [1.82, 2.24) is 24.1 Å². The summed E-state index contributed by atoms with van der Waals surface area (Å²) in [5.74, 6) is 0.0223. The number of nitrogen functional groups attached to an aromatic ring is 1. The Kier molecular flexibility index (Phi) is 4.33. The summed E-state index contributed by atoms with van der Waals surface area (Å²) in [6.45, 7) is 3.11. The Morgan fingerprint density at radius 1 is 1.40 bits per heavy atom. The van der Waals surface area contributed by atoms with Gasteiger partial charge in [-0.15, -0.1) is 0 Å². The molecule has 1 unspecified atom stereocenters. The molecule has 1 aromatic rings. The van der Waals surface area contributed by atoms with Gasteiger partial charge in [0.15, 0.2) is 10.8 Å². The fourth-order valence-corrected chi connectivity index (χ4v) is 3.66. The zero-order valence-corrected chi connectivity index (χ0v) is 12.9. The Hall–Kier alpha value is -1.16. The number of aryl methyl sites for hydroxylation is 1. The van der Waals surface area contributed by atoms with Gasteiger partial charge in [0.1, 0.15) is 0 Å². The molecule has 2 heterocycles. The molecule has 2 rings (SSSR count). The van der Waals surface area contributed by atoms with E-state index in [1.54, 1.807) is 7.05 Å². The first-order valence-electron chi connectivity index (χ1n) is 6.46. The van der Waals surface area contributed by atoms with E-state index < -0.39 is 10.0 Å². The fraction of sp³-hybridized carbons (Fsp3) is 0.727. The third-order valence-corrected chi connectivity index (χ3v) is 5.21. The Morgan fingerprint density at radius 3 is 2.70 bits per heavy atom. The number of likely N-dealkylation sites (N-methyl/N-ethyl adjacent to an activating group) is 2. The van der Waals surface area contributed by atoms with Gasteiger partial charge in [0.2, 0.25) is 0 Å². The quantitative estimate of drug-likeness (QED) is 0.705. The van der Waals surface area contributed by atoms with E-state index >= 15 is 0 Å². The highest BCUT2D eigenvalue weighted by molar-refractivity contribution is 7.89. The third-order valence-electron chi connectivity index (χ3n) is 3.65. The summed E-state index contributed by atoms with van der Waals surface area (Å²) in [7, 11) is 2.01. The molecule has 0 aliphatic carbocycles. The predicted octanol–water partition coefficient (Wildman–Crippen LogP) is -1.47. The van der Waals surface area contributed by atoms with Crippen molar-refractivity contribution in [3.8, 4) is 0 Å². The van der Waals surface area contributed by atoms with Gasteiger partial charge in [-0.25, -0.2) is 18.1 Å². The molecule has 0 saturated carbocycles. The Bertz CT molecular complexity index is 550. The molecule has 0 amide bonds. The molecule has 8 nitrogen and oxygen atoms in total. The summed E-state index contributed by atoms with van der Waals surface area (Å²) >= 11 is 0. The minimum atomic E-state index is -3.64. The van der Waals surface area contributed by atoms with Crippen LogP contribution in [0.5, 0.6) is 0 Å². The number of aromatic nitrogens is 2. The smallest absolute Gasteiger partial charge is 0.260 e. The molecule has 0 bridgehead atoms. The van der Waals surface area contributed by atoms with Crippen molar-refractivity contribution in [2.45, 2.75) is 11.1 Å². The number of nitrogens with one attached hydrogen (secondary N) is 1. The largest absolute Gasteiger partial charge is 0.381 e. The summed E-state index contributed by atoms with van der Waals surface area (Å²) in [5.41, 5.74) is 5.62. The van der Waals surface area contributed by atoms with Crippen molar-refractivity contribution >= 4 is 15.8 Å². The Morgan fingerprint density at radius 2 is 2.10 bits per heavy atom. The van der Waals surface area contributed by atoms with Crippen LogP contribution in [0.25, 0.3) is 0 Å². The summed E-state index contributed by atoms with van der Waals surface area (Å²) in [5, 5.41) is 0.0179. The van der Waals surface area contributed by atoms with Crippen molar-refractivity contribution in [3.05, 3.63) is 6.33 Å². The molecule has 0 radical (unpaired) electrons. The number of nitrogens with zero attached hydrogens (tertiary/aromatic N) is 4. The number of imidazole rings is 1. The Balaban J connectivity index is 2.06. The van der Waals surface area contributed by atoms with E-state index in [2.05, 4.69) is 19.5 Å². The van der Waals surface area contributed by atoms with Gasteiger partial charge in [0.05, 0.1) is 6.33 Å². The van der Waals surface area contributed by atoms with Crippen LogP contribution in [-0.4, -0.2) is 74.1 Å². The third kappa shape index (κ3) is 3.11. The van der Waals surface area contributed by atoms with Gasteiger partial charge in [0, 0.05) is 39.3 Å². The van der Waals surface area contributed by atoms with Crippen molar-refractivity contribution < 1.29 is 8.42 Å². The highest BCUT2D eigenvalue weighted by atomic mass is 32.2. The van der Waals surface area contributed by atoms with Gasteiger partial charge < -0.3 is 15.2 Å². The first-order chi connectivity index (χ1) is 9.31. The average molecular weight is 302 g/mol. The molecule has 3 N–H and O–H groups in total. The predicted molar refractivity (Wildman–Crippen MR) is 76.7 cm³/mol. The second-order valence-corrected chi connectivity index (χ2v) is 6.98. The van der Waals surface area contributed by atoms with E-state index in [0.29, 0.717) is 6.54 Å². The number of piperazine rings is 1. The maximum atomic E-state index is 12.3. The van der Waals surface area contributed by atoms with Crippen LogP contribution in [0.4, 0.5) is 5.82 Å². The standard InChI is InChI=1S/C11H22N6O2S/c1-15-4-5-16(2)9(7-15)6-14-20(18,19)11-10(12)13-8-17(11)3/h8-9,14H,4-7,12H2,1-3H3. The van der Waals surface area contributed by atoms with Crippen LogP contribution in [0.15, 0.2) is 11.4 Å². The van der Waals surface area contributed by atoms with Crippen molar-refractivity contribution in [2.75, 3.05) is 46.0 Å². The van der Waals surface area contributed by atoms with E-state index in [1.807, 2.05) is 14.1 Å². The second-order valence-electron chi connectivity index (χ2n) is 5.29. The van der Waals surface area contributed by atoms with Gasteiger partial charge in [-0.3, -0.25) is 4.90 Å². The van der Waals surface area contributed by atoms with Crippen molar-refractivity contribution in [2.24, 2.45) is 7.05 Å². The molecule has 1 aliphatic rings. The normalized spacial score (nSPS) is 22.2. The lowest BCUT2D eigenvalue weighted by Crippen LogP contribution is -2.54. The van der Waals surface area contributed by atoms with Crippen LogP contribution >= 0.6 is 0 Å². The lowest BCUT2D eigenvalue weighted by atomic mass is 10.2. The van der Waals surface area contributed by atoms with Crippen LogP contribution in [0, 0.1) is 0 Å². The first kappa shape index (κ1) is 15.2. The first-order valence-corrected chi connectivity index (χ1v) is 7.95. The number of hydrogen-bond acceptors (Lipinski definition) is 6. The maximum Gasteiger partial charge on any atom is 0.260 e. The maximum absolute atomic E-state index is 12.3. The molecule has 9 heteroatoms. The topological polar surface area (TPSA) is 96.5 Å². The Labute approximate surface area is 119 Å². The van der Waals surface area contributed by atoms with E-state index in [1.165, 1.54) is 10.9 Å². The monoisotopic (exact) mass is 302 g/mol. The molecule has 1 aliphatic heterocycles. The molecule has 114 valence electrons. The number of anilines is 1. The molecule has 1 fully saturated rings. The van der Waals surface area contributed by atoms with E-state index in [4.69, 9.17) is 5.73 Å². The number of sulfonamides is 1. The van der Waals surface area contributed by atoms with Crippen LogP contribution in [0.3, 0.4) is 0 Å². The minimum absolute atomic E-state index is 0.0179. The summed E-state index contributed by atoms with van der Waals surface area (Å²) in [6, 6.07) is 0.151.